The van der Waals surface area contributed by atoms with Crippen LogP contribution >= 0.6 is 22.6 Å². The first-order chi connectivity index (χ1) is 13.4. The highest BCUT2D eigenvalue weighted by atomic mass is 127. The van der Waals surface area contributed by atoms with Gasteiger partial charge in [-0.15, -0.1) is 0 Å². The number of hydrogen-bond acceptors (Lipinski definition) is 4. The molecule has 154 valence electrons. The minimum absolute atomic E-state index is 0.0185. The van der Waals surface area contributed by atoms with E-state index in [-0.39, 0.29) is 11.8 Å². The molecule has 2 amide bonds. The first kappa shape index (κ1) is 21.5. The van der Waals surface area contributed by atoms with E-state index < -0.39 is 0 Å². The maximum absolute atomic E-state index is 12.7. The largest absolute Gasteiger partial charge is 0.341 e. The van der Waals surface area contributed by atoms with Crippen LogP contribution in [0.3, 0.4) is 0 Å². The summed E-state index contributed by atoms with van der Waals surface area (Å²) in [6.45, 7) is 10.5. The Balaban J connectivity index is 1.40. The molecule has 1 aromatic carbocycles. The summed E-state index contributed by atoms with van der Waals surface area (Å²) >= 11 is 2.23. The summed E-state index contributed by atoms with van der Waals surface area (Å²) in [7, 11) is 0. The smallest absolute Gasteiger partial charge is 0.238 e. The SMILES string of the molecule is C[C@@H]1C[C@@H](C)CN(C(=O)CN2CCN(CC(=O)Nc3ccccc3I)CC2)C1. The molecule has 0 saturated carbocycles. The standard InChI is InChI=1S/C21H31IN4O2/c1-16-11-17(2)13-26(12-16)21(28)15-25-9-7-24(8-10-25)14-20(27)23-19-6-4-3-5-18(19)22/h3-6,16-17H,7-15H2,1-2H3,(H,23,27)/t16-,17-/m1/s1. The minimum atomic E-state index is 0.0185. The van der Waals surface area contributed by atoms with Crippen LogP contribution < -0.4 is 5.32 Å². The molecule has 0 bridgehead atoms. The van der Waals surface area contributed by atoms with Crippen LogP contribution in [0.1, 0.15) is 20.3 Å². The number of anilines is 1. The van der Waals surface area contributed by atoms with Gasteiger partial charge in [0.15, 0.2) is 0 Å². The summed E-state index contributed by atoms with van der Waals surface area (Å²) in [4.78, 5) is 31.4. The first-order valence-electron chi connectivity index (χ1n) is 10.2. The number of hydrogen-bond donors (Lipinski definition) is 1. The van der Waals surface area contributed by atoms with Crippen LogP contribution in [0.25, 0.3) is 0 Å². The van der Waals surface area contributed by atoms with Crippen molar-refractivity contribution in [2.24, 2.45) is 11.8 Å². The summed E-state index contributed by atoms with van der Waals surface area (Å²) < 4.78 is 1.04. The summed E-state index contributed by atoms with van der Waals surface area (Å²) in [5, 5.41) is 2.99. The number of rotatable bonds is 5. The van der Waals surface area contributed by atoms with Crippen LogP contribution in [0.15, 0.2) is 24.3 Å². The van der Waals surface area contributed by atoms with Gasteiger partial charge in [0.25, 0.3) is 0 Å². The van der Waals surface area contributed by atoms with E-state index in [0.29, 0.717) is 24.9 Å². The fourth-order valence-corrected chi connectivity index (χ4v) is 4.74. The molecule has 1 aromatic rings. The fourth-order valence-electron chi connectivity index (χ4n) is 4.22. The predicted molar refractivity (Wildman–Crippen MR) is 120 cm³/mol. The van der Waals surface area contributed by atoms with Crippen LogP contribution in [0.4, 0.5) is 5.69 Å². The molecule has 7 heteroatoms. The van der Waals surface area contributed by atoms with Gasteiger partial charge < -0.3 is 10.2 Å². The summed E-state index contributed by atoms with van der Waals surface area (Å²) in [6, 6.07) is 7.79. The molecule has 2 heterocycles. The maximum atomic E-state index is 12.7. The van der Waals surface area contributed by atoms with Crippen LogP contribution in [-0.4, -0.2) is 78.9 Å². The van der Waals surface area contributed by atoms with Crippen molar-refractivity contribution in [1.82, 2.24) is 14.7 Å². The number of amides is 2. The third-order valence-electron chi connectivity index (χ3n) is 5.56. The zero-order valence-corrected chi connectivity index (χ0v) is 19.0. The van der Waals surface area contributed by atoms with Crippen molar-refractivity contribution in [2.75, 3.05) is 57.7 Å². The highest BCUT2D eigenvalue weighted by Crippen LogP contribution is 2.21. The van der Waals surface area contributed by atoms with Crippen molar-refractivity contribution in [2.45, 2.75) is 20.3 Å². The van der Waals surface area contributed by atoms with Crippen LogP contribution in [0, 0.1) is 15.4 Å². The zero-order valence-electron chi connectivity index (χ0n) is 16.9. The second kappa shape index (κ2) is 10.0. The van der Waals surface area contributed by atoms with E-state index in [1.807, 2.05) is 29.2 Å². The van der Waals surface area contributed by atoms with Gasteiger partial charge in [-0.2, -0.15) is 0 Å². The molecular weight excluding hydrogens is 467 g/mol. The number of carbonyl (C=O) groups is 2. The van der Waals surface area contributed by atoms with Crippen LogP contribution in [-0.2, 0) is 9.59 Å². The van der Waals surface area contributed by atoms with Gasteiger partial charge in [-0.25, -0.2) is 0 Å². The van der Waals surface area contributed by atoms with Gasteiger partial charge in [-0.3, -0.25) is 19.4 Å². The Labute approximate surface area is 181 Å². The van der Waals surface area contributed by atoms with E-state index >= 15 is 0 Å². The Morgan fingerprint density at radius 3 is 2.18 bits per heavy atom. The second-order valence-electron chi connectivity index (χ2n) is 8.33. The van der Waals surface area contributed by atoms with Crippen LogP contribution in [0.2, 0.25) is 0 Å². The minimum Gasteiger partial charge on any atom is -0.341 e. The number of halogens is 1. The van der Waals surface area contributed by atoms with Gasteiger partial charge >= 0.3 is 0 Å². The van der Waals surface area contributed by atoms with Crippen molar-refractivity contribution >= 4 is 40.1 Å². The fraction of sp³-hybridized carbons (Fsp3) is 0.619. The van der Waals surface area contributed by atoms with E-state index in [1.165, 1.54) is 6.42 Å². The lowest BCUT2D eigenvalue weighted by Gasteiger charge is -2.38. The molecule has 0 unspecified atom stereocenters. The average molecular weight is 498 g/mol. The average Bonchev–Trinajstić information content (AvgIpc) is 2.64. The number of nitrogens with zero attached hydrogens (tertiary/aromatic N) is 3. The van der Waals surface area contributed by atoms with E-state index in [1.54, 1.807) is 0 Å². The molecule has 1 N–H and O–H groups in total. The Morgan fingerprint density at radius 1 is 1.00 bits per heavy atom. The molecule has 0 spiro atoms. The van der Waals surface area contributed by atoms with E-state index in [2.05, 4.69) is 51.6 Å². The number of piperidine rings is 1. The number of nitrogens with one attached hydrogen (secondary N) is 1. The van der Waals surface area contributed by atoms with E-state index in [9.17, 15) is 9.59 Å². The monoisotopic (exact) mass is 498 g/mol. The lowest BCUT2D eigenvalue weighted by Crippen LogP contribution is -2.52. The lowest BCUT2D eigenvalue weighted by atomic mass is 9.92. The van der Waals surface area contributed by atoms with Crippen molar-refractivity contribution in [3.05, 3.63) is 27.8 Å². The number of piperazine rings is 1. The summed E-state index contributed by atoms with van der Waals surface area (Å²) in [5.41, 5.74) is 0.863. The van der Waals surface area contributed by atoms with Gasteiger partial charge in [0.05, 0.1) is 18.8 Å². The number of carbonyl (C=O) groups excluding carboxylic acids is 2. The molecule has 28 heavy (non-hydrogen) atoms. The topological polar surface area (TPSA) is 55.9 Å². The van der Waals surface area contributed by atoms with E-state index in [0.717, 1.165) is 48.5 Å². The molecule has 2 aliphatic rings. The quantitative estimate of drug-likeness (QED) is 0.634. The normalized spacial score (nSPS) is 24.2. The van der Waals surface area contributed by atoms with Crippen molar-refractivity contribution in [1.29, 1.82) is 0 Å². The predicted octanol–water partition coefficient (Wildman–Crippen LogP) is 2.35. The van der Waals surface area contributed by atoms with Gasteiger partial charge in [0, 0.05) is 42.8 Å². The second-order valence-corrected chi connectivity index (χ2v) is 9.49. The van der Waals surface area contributed by atoms with Crippen molar-refractivity contribution < 1.29 is 9.59 Å². The molecule has 0 aromatic heterocycles. The van der Waals surface area contributed by atoms with Gasteiger partial charge in [0.2, 0.25) is 11.8 Å². The van der Waals surface area contributed by atoms with Gasteiger partial charge in [0.1, 0.15) is 0 Å². The molecule has 0 aliphatic carbocycles. The Hall–Kier alpha value is -1.19. The zero-order chi connectivity index (χ0) is 20.1. The molecule has 2 fully saturated rings. The molecule has 0 radical (unpaired) electrons. The Bertz CT molecular complexity index is 681. The van der Waals surface area contributed by atoms with Crippen molar-refractivity contribution in [3.63, 3.8) is 0 Å². The maximum Gasteiger partial charge on any atom is 0.238 e. The third-order valence-corrected chi connectivity index (χ3v) is 6.50. The van der Waals surface area contributed by atoms with Crippen molar-refractivity contribution in [3.8, 4) is 0 Å². The number of benzene rings is 1. The highest BCUT2D eigenvalue weighted by Gasteiger charge is 2.27. The molecule has 2 atom stereocenters. The third kappa shape index (κ3) is 6.15. The first-order valence-corrected chi connectivity index (χ1v) is 11.3. The summed E-state index contributed by atoms with van der Waals surface area (Å²) in [5.74, 6) is 1.46. The molecule has 2 saturated heterocycles. The van der Waals surface area contributed by atoms with E-state index in [4.69, 9.17) is 0 Å². The molecule has 3 rings (SSSR count). The Kier molecular flexibility index (Phi) is 7.70. The van der Waals surface area contributed by atoms with Gasteiger partial charge in [-0.1, -0.05) is 26.0 Å². The molecular formula is C21H31IN4O2. The molecule has 6 nitrogen and oxygen atoms in total. The lowest BCUT2D eigenvalue weighted by molar-refractivity contribution is -0.135. The van der Waals surface area contributed by atoms with Gasteiger partial charge in [-0.05, 0) is 53.0 Å². The number of likely N-dealkylation sites (tertiary alicyclic amines) is 1. The highest BCUT2D eigenvalue weighted by molar-refractivity contribution is 14.1. The van der Waals surface area contributed by atoms with Crippen LogP contribution in [0.5, 0.6) is 0 Å². The number of para-hydroxylation sites is 1. The molecule has 2 aliphatic heterocycles. The summed E-state index contributed by atoms with van der Waals surface area (Å²) in [6.07, 6.45) is 1.21. The Morgan fingerprint density at radius 2 is 1.57 bits per heavy atom.